The van der Waals surface area contributed by atoms with Crippen molar-refractivity contribution in [2.24, 2.45) is 0 Å². The lowest BCUT2D eigenvalue weighted by molar-refractivity contribution is 0.134. The molecule has 0 saturated carbocycles. The van der Waals surface area contributed by atoms with Crippen molar-refractivity contribution in [3.8, 4) is 0 Å². The van der Waals surface area contributed by atoms with E-state index in [2.05, 4.69) is 27.2 Å². The van der Waals surface area contributed by atoms with Gasteiger partial charge in [0.25, 0.3) is 0 Å². The van der Waals surface area contributed by atoms with Crippen LogP contribution in [0.1, 0.15) is 19.8 Å². The normalized spacial score (nSPS) is 10.4. The summed E-state index contributed by atoms with van der Waals surface area (Å²) in [5, 5.41) is 3.11. The second kappa shape index (κ2) is 7.65. The molecule has 0 aliphatic carbocycles. The zero-order valence-electron chi connectivity index (χ0n) is 11.3. The van der Waals surface area contributed by atoms with E-state index < -0.39 is 0 Å². The lowest BCUT2D eigenvalue weighted by Gasteiger charge is -2.12. The van der Waals surface area contributed by atoms with Gasteiger partial charge in [-0.2, -0.15) is 15.0 Å². The summed E-state index contributed by atoms with van der Waals surface area (Å²) in [4.78, 5) is 14.1. The number of nitrogens with two attached hydrogens (primary N) is 1. The second-order valence-electron chi connectivity index (χ2n) is 4.10. The third-order valence-corrected chi connectivity index (χ3v) is 2.14. The molecule has 7 nitrogen and oxygen atoms in total. The summed E-state index contributed by atoms with van der Waals surface area (Å²) in [7, 11) is 3.72. The molecule has 102 valence electrons. The molecule has 7 heteroatoms. The Labute approximate surface area is 108 Å². The quantitative estimate of drug-likeness (QED) is 0.661. The molecule has 0 aliphatic heterocycles. The Hall–Kier alpha value is -1.63. The van der Waals surface area contributed by atoms with Gasteiger partial charge in [0.1, 0.15) is 0 Å². The van der Waals surface area contributed by atoms with Crippen molar-refractivity contribution in [2.45, 2.75) is 19.8 Å². The Balaban J connectivity index is 2.37. The highest BCUT2D eigenvalue weighted by atomic mass is 16.5. The highest BCUT2D eigenvalue weighted by Crippen LogP contribution is 2.08. The van der Waals surface area contributed by atoms with E-state index in [1.807, 2.05) is 14.1 Å². The molecule has 0 aliphatic rings. The molecule has 0 fully saturated rings. The molecule has 0 radical (unpaired) electrons. The van der Waals surface area contributed by atoms with Gasteiger partial charge in [-0.3, -0.25) is 0 Å². The molecule has 0 amide bonds. The Morgan fingerprint density at radius 2 is 2.00 bits per heavy atom. The molecule has 1 aromatic rings. The van der Waals surface area contributed by atoms with E-state index in [9.17, 15) is 0 Å². The molecule has 1 aromatic heterocycles. The molecule has 0 bridgehead atoms. The predicted octanol–water partition coefficient (Wildman–Crippen LogP) is 0.748. The minimum atomic E-state index is 0.221. The summed E-state index contributed by atoms with van der Waals surface area (Å²) in [5.74, 6) is 1.27. The van der Waals surface area contributed by atoms with Crippen LogP contribution < -0.4 is 16.0 Å². The highest BCUT2D eigenvalue weighted by Gasteiger charge is 2.05. The van der Waals surface area contributed by atoms with Gasteiger partial charge < -0.3 is 20.7 Å². The van der Waals surface area contributed by atoms with Crippen molar-refractivity contribution in [1.29, 1.82) is 0 Å². The lowest BCUT2D eigenvalue weighted by Crippen LogP contribution is -2.17. The number of rotatable bonds is 8. The topological polar surface area (TPSA) is 89.2 Å². The van der Waals surface area contributed by atoms with Crippen LogP contribution in [0.15, 0.2) is 0 Å². The number of nitrogens with zero attached hydrogens (tertiary/aromatic N) is 4. The van der Waals surface area contributed by atoms with Gasteiger partial charge in [-0.15, -0.1) is 0 Å². The summed E-state index contributed by atoms with van der Waals surface area (Å²) in [6.07, 6.45) is 1.95. The van der Waals surface area contributed by atoms with Crippen LogP contribution in [-0.4, -0.2) is 48.8 Å². The van der Waals surface area contributed by atoms with Gasteiger partial charge in [0.15, 0.2) is 0 Å². The first-order chi connectivity index (χ1) is 8.63. The van der Waals surface area contributed by atoms with Crippen LogP contribution in [0.2, 0.25) is 0 Å². The number of ether oxygens (including phenoxy) is 1. The van der Waals surface area contributed by atoms with Gasteiger partial charge in [0.2, 0.25) is 17.8 Å². The average molecular weight is 254 g/mol. The number of nitrogen functional groups attached to an aromatic ring is 1. The largest absolute Gasteiger partial charge is 0.381 e. The van der Waals surface area contributed by atoms with Crippen LogP contribution in [0.5, 0.6) is 0 Å². The number of aromatic nitrogens is 3. The molecule has 3 N–H and O–H groups in total. The van der Waals surface area contributed by atoms with Crippen molar-refractivity contribution in [1.82, 2.24) is 15.0 Å². The van der Waals surface area contributed by atoms with E-state index in [1.54, 1.807) is 4.90 Å². The first kappa shape index (κ1) is 14.4. The average Bonchev–Trinajstić information content (AvgIpc) is 2.33. The molecular formula is C11H22N6O. The number of hydrogen-bond donors (Lipinski definition) is 2. The first-order valence-corrected chi connectivity index (χ1v) is 6.14. The molecule has 0 saturated heterocycles. The van der Waals surface area contributed by atoms with Crippen molar-refractivity contribution in [2.75, 3.05) is 49.8 Å². The third-order valence-electron chi connectivity index (χ3n) is 2.14. The van der Waals surface area contributed by atoms with E-state index in [0.717, 1.165) is 32.6 Å². The summed E-state index contributed by atoms with van der Waals surface area (Å²) in [5.41, 5.74) is 5.61. The van der Waals surface area contributed by atoms with Gasteiger partial charge in [0.05, 0.1) is 0 Å². The maximum Gasteiger partial charge on any atom is 0.231 e. The number of anilines is 3. The number of nitrogens with one attached hydrogen (secondary N) is 1. The van der Waals surface area contributed by atoms with Crippen molar-refractivity contribution < 1.29 is 4.74 Å². The summed E-state index contributed by atoms with van der Waals surface area (Å²) in [6, 6.07) is 0. The second-order valence-corrected chi connectivity index (χ2v) is 4.10. The molecule has 0 unspecified atom stereocenters. The Kier molecular flexibility index (Phi) is 6.13. The van der Waals surface area contributed by atoms with E-state index in [4.69, 9.17) is 10.5 Å². The van der Waals surface area contributed by atoms with Gasteiger partial charge in [-0.25, -0.2) is 0 Å². The first-order valence-electron chi connectivity index (χ1n) is 6.14. The van der Waals surface area contributed by atoms with Crippen LogP contribution in [0.4, 0.5) is 17.8 Å². The summed E-state index contributed by atoms with van der Waals surface area (Å²) >= 11 is 0. The molecule has 0 spiro atoms. The maximum atomic E-state index is 5.61. The Morgan fingerprint density at radius 3 is 2.67 bits per heavy atom. The lowest BCUT2D eigenvalue weighted by atomic mass is 10.4. The maximum absolute atomic E-state index is 5.61. The van der Waals surface area contributed by atoms with Gasteiger partial charge in [0, 0.05) is 33.9 Å². The van der Waals surface area contributed by atoms with Crippen LogP contribution in [0.3, 0.4) is 0 Å². The van der Waals surface area contributed by atoms with Crippen LogP contribution in [0, 0.1) is 0 Å². The van der Waals surface area contributed by atoms with E-state index >= 15 is 0 Å². The van der Waals surface area contributed by atoms with Gasteiger partial charge in [-0.05, 0) is 12.8 Å². The molecule has 1 rings (SSSR count). The molecule has 1 heterocycles. The summed E-state index contributed by atoms with van der Waals surface area (Å²) in [6.45, 7) is 4.39. The highest BCUT2D eigenvalue weighted by molar-refractivity contribution is 5.40. The van der Waals surface area contributed by atoms with Gasteiger partial charge in [-0.1, -0.05) is 6.92 Å². The van der Waals surface area contributed by atoms with E-state index in [0.29, 0.717) is 11.9 Å². The Morgan fingerprint density at radius 1 is 1.22 bits per heavy atom. The van der Waals surface area contributed by atoms with Crippen molar-refractivity contribution in [3.05, 3.63) is 0 Å². The van der Waals surface area contributed by atoms with Crippen molar-refractivity contribution >= 4 is 17.8 Å². The molecule has 0 atom stereocenters. The predicted molar refractivity (Wildman–Crippen MR) is 72.8 cm³/mol. The number of hydrogen-bond acceptors (Lipinski definition) is 7. The fourth-order valence-electron chi connectivity index (χ4n) is 1.28. The fourth-order valence-corrected chi connectivity index (χ4v) is 1.28. The minimum Gasteiger partial charge on any atom is -0.381 e. The van der Waals surface area contributed by atoms with Crippen LogP contribution in [-0.2, 0) is 4.74 Å². The standard InChI is InChI=1S/C11H22N6O/c1-4-7-18-8-5-6-13-10-14-9(12)15-11(16-10)17(2)3/h4-8H2,1-3H3,(H3,12,13,14,15,16). The molecular weight excluding hydrogens is 232 g/mol. The molecule has 18 heavy (non-hydrogen) atoms. The zero-order valence-corrected chi connectivity index (χ0v) is 11.3. The monoisotopic (exact) mass is 254 g/mol. The van der Waals surface area contributed by atoms with Crippen molar-refractivity contribution in [3.63, 3.8) is 0 Å². The SMILES string of the molecule is CCCOCCCNc1nc(N)nc(N(C)C)n1. The molecule has 0 aromatic carbocycles. The summed E-state index contributed by atoms with van der Waals surface area (Å²) < 4.78 is 5.38. The third kappa shape index (κ3) is 5.13. The minimum absolute atomic E-state index is 0.221. The van der Waals surface area contributed by atoms with Crippen LogP contribution >= 0.6 is 0 Å². The zero-order chi connectivity index (χ0) is 13.4. The van der Waals surface area contributed by atoms with Crippen LogP contribution in [0.25, 0.3) is 0 Å². The van der Waals surface area contributed by atoms with Gasteiger partial charge >= 0.3 is 0 Å². The Bertz CT molecular complexity index is 357. The smallest absolute Gasteiger partial charge is 0.231 e. The van der Waals surface area contributed by atoms with E-state index in [1.165, 1.54) is 0 Å². The van der Waals surface area contributed by atoms with E-state index in [-0.39, 0.29) is 5.95 Å². The fraction of sp³-hybridized carbons (Fsp3) is 0.727.